The van der Waals surface area contributed by atoms with Crippen LogP contribution in [0.25, 0.3) is 0 Å². The number of para-hydroxylation sites is 3. The number of anilines is 2. The van der Waals surface area contributed by atoms with Crippen LogP contribution in [0.5, 0.6) is 5.75 Å². The number of carbonyl (C=O) groups is 2. The maximum atomic E-state index is 12.7. The molecule has 1 atom stereocenters. The lowest BCUT2D eigenvalue weighted by Crippen LogP contribution is -3.11. The van der Waals surface area contributed by atoms with E-state index in [0.29, 0.717) is 19.6 Å². The first kappa shape index (κ1) is 22.6. The predicted molar refractivity (Wildman–Crippen MR) is 123 cm³/mol. The average molecular weight is 426 g/mol. The van der Waals surface area contributed by atoms with Gasteiger partial charge in [0.2, 0.25) is 0 Å². The lowest BCUT2D eigenvalue weighted by Gasteiger charge is -2.36. The third-order valence-corrected chi connectivity index (χ3v) is 5.65. The monoisotopic (exact) mass is 425 g/mol. The van der Waals surface area contributed by atoms with Gasteiger partial charge in [0.1, 0.15) is 5.75 Å². The van der Waals surface area contributed by atoms with E-state index in [1.807, 2.05) is 60.5 Å². The van der Waals surface area contributed by atoms with Crippen molar-refractivity contribution in [3.05, 3.63) is 54.1 Å². The van der Waals surface area contributed by atoms with E-state index in [2.05, 4.69) is 17.1 Å². The minimum Gasteiger partial charge on any atom is -0.495 e. The number of quaternary nitrogens is 1. The van der Waals surface area contributed by atoms with Crippen LogP contribution in [0.4, 0.5) is 11.4 Å². The van der Waals surface area contributed by atoms with Crippen LogP contribution in [0, 0.1) is 0 Å². The molecule has 7 heteroatoms. The molecule has 166 valence electrons. The topological polar surface area (TPSA) is 66.3 Å². The zero-order valence-electron chi connectivity index (χ0n) is 18.7. The molecule has 0 aromatic heterocycles. The Morgan fingerprint density at radius 2 is 1.68 bits per heavy atom. The Bertz CT molecular complexity index is 894. The van der Waals surface area contributed by atoms with Crippen LogP contribution < -0.4 is 19.9 Å². The Morgan fingerprint density at radius 1 is 1.00 bits per heavy atom. The zero-order chi connectivity index (χ0) is 22.2. The third-order valence-electron chi connectivity index (χ3n) is 5.65. The number of hydrogen-bond acceptors (Lipinski definition) is 4. The highest BCUT2D eigenvalue weighted by Crippen LogP contribution is 2.28. The highest BCUT2D eigenvalue weighted by Gasteiger charge is 2.25. The number of hydrogen-bond donors (Lipinski definition) is 2. The molecular formula is C24H33N4O3+. The van der Waals surface area contributed by atoms with E-state index in [1.165, 1.54) is 0 Å². The maximum absolute atomic E-state index is 12.7. The molecule has 2 amide bonds. The van der Waals surface area contributed by atoms with Crippen LogP contribution in [0.2, 0.25) is 0 Å². The maximum Gasteiger partial charge on any atom is 0.279 e. The second-order valence-corrected chi connectivity index (χ2v) is 7.91. The summed E-state index contributed by atoms with van der Waals surface area (Å²) < 4.78 is 5.46. The lowest BCUT2D eigenvalue weighted by atomic mass is 10.1. The number of carbonyl (C=O) groups excluding carboxylic acids is 2. The second-order valence-electron chi connectivity index (χ2n) is 7.91. The molecule has 0 radical (unpaired) electrons. The average Bonchev–Trinajstić information content (AvgIpc) is 2.79. The molecular weight excluding hydrogens is 392 g/mol. The fourth-order valence-electron chi connectivity index (χ4n) is 3.94. The van der Waals surface area contributed by atoms with Gasteiger partial charge in [0.25, 0.3) is 11.8 Å². The Balaban J connectivity index is 1.46. The minimum absolute atomic E-state index is 0.0767. The standard InChI is InChI=1S/C24H32N4O3/c1-4-19-9-5-6-10-20(19)25-23(29)17-26(2)18-24(30)28-15-13-27(14-16-28)21-11-7-8-12-22(21)31-3/h5-12H,4,13-18H2,1-3H3,(H,25,29)/p+1. The molecule has 1 aliphatic rings. The van der Waals surface area contributed by atoms with Gasteiger partial charge in [-0.3, -0.25) is 9.59 Å². The van der Waals surface area contributed by atoms with E-state index < -0.39 is 0 Å². The van der Waals surface area contributed by atoms with E-state index in [-0.39, 0.29) is 18.4 Å². The summed E-state index contributed by atoms with van der Waals surface area (Å²) in [4.78, 5) is 30.2. The molecule has 0 aliphatic carbocycles. The number of amides is 2. The molecule has 1 saturated heterocycles. The largest absolute Gasteiger partial charge is 0.495 e. The Labute approximate surface area is 184 Å². The molecule has 2 aromatic carbocycles. The van der Waals surface area contributed by atoms with E-state index in [4.69, 9.17) is 4.74 Å². The number of nitrogens with zero attached hydrogens (tertiary/aromatic N) is 2. The van der Waals surface area contributed by atoms with Crippen molar-refractivity contribution in [2.75, 3.05) is 63.6 Å². The summed E-state index contributed by atoms with van der Waals surface area (Å²) in [5, 5.41) is 2.98. The summed E-state index contributed by atoms with van der Waals surface area (Å²) in [5.41, 5.74) is 3.02. The van der Waals surface area contributed by atoms with Gasteiger partial charge in [-0.1, -0.05) is 37.3 Å². The fourth-order valence-corrected chi connectivity index (χ4v) is 3.94. The summed E-state index contributed by atoms with van der Waals surface area (Å²) in [5.74, 6) is 0.855. The van der Waals surface area contributed by atoms with E-state index in [0.717, 1.165) is 47.1 Å². The molecule has 1 unspecified atom stereocenters. The molecule has 1 aliphatic heterocycles. The second kappa shape index (κ2) is 10.8. The van der Waals surface area contributed by atoms with E-state index >= 15 is 0 Å². The van der Waals surface area contributed by atoms with Crippen LogP contribution in [0.1, 0.15) is 12.5 Å². The summed E-state index contributed by atoms with van der Waals surface area (Å²) >= 11 is 0. The van der Waals surface area contributed by atoms with Crippen molar-refractivity contribution in [3.63, 3.8) is 0 Å². The fraction of sp³-hybridized carbons (Fsp3) is 0.417. The van der Waals surface area contributed by atoms with Crippen molar-refractivity contribution in [2.45, 2.75) is 13.3 Å². The van der Waals surface area contributed by atoms with Gasteiger partial charge in [0, 0.05) is 31.9 Å². The summed E-state index contributed by atoms with van der Waals surface area (Å²) in [6, 6.07) is 15.8. The van der Waals surface area contributed by atoms with Crippen molar-refractivity contribution in [1.29, 1.82) is 0 Å². The van der Waals surface area contributed by atoms with Crippen LogP contribution >= 0.6 is 0 Å². The number of methoxy groups -OCH3 is 1. The molecule has 1 fully saturated rings. The smallest absolute Gasteiger partial charge is 0.279 e. The number of rotatable bonds is 8. The van der Waals surface area contributed by atoms with Crippen molar-refractivity contribution in [3.8, 4) is 5.75 Å². The number of piperazine rings is 1. The number of nitrogens with one attached hydrogen (secondary N) is 2. The molecule has 7 nitrogen and oxygen atoms in total. The first-order chi connectivity index (χ1) is 15.0. The lowest BCUT2D eigenvalue weighted by molar-refractivity contribution is -0.862. The van der Waals surface area contributed by atoms with Crippen molar-refractivity contribution in [1.82, 2.24) is 4.90 Å². The molecule has 31 heavy (non-hydrogen) atoms. The van der Waals surface area contributed by atoms with Crippen LogP contribution in [-0.2, 0) is 16.0 Å². The third kappa shape index (κ3) is 5.98. The molecule has 2 N–H and O–H groups in total. The van der Waals surface area contributed by atoms with E-state index in [1.54, 1.807) is 7.11 Å². The van der Waals surface area contributed by atoms with Gasteiger partial charge in [-0.15, -0.1) is 0 Å². The highest BCUT2D eigenvalue weighted by molar-refractivity contribution is 5.92. The number of likely N-dealkylation sites (N-methyl/N-ethyl adjacent to an activating group) is 1. The summed E-state index contributed by atoms with van der Waals surface area (Å²) in [6.07, 6.45) is 0.860. The minimum atomic E-state index is -0.0767. The van der Waals surface area contributed by atoms with Crippen molar-refractivity contribution >= 4 is 23.2 Å². The van der Waals surface area contributed by atoms with Gasteiger partial charge in [-0.05, 0) is 30.2 Å². The highest BCUT2D eigenvalue weighted by atomic mass is 16.5. The molecule has 0 bridgehead atoms. The predicted octanol–water partition coefficient (Wildman–Crippen LogP) is 1.06. The normalized spacial score (nSPS) is 14.8. The molecule has 2 aromatic rings. The van der Waals surface area contributed by atoms with Crippen LogP contribution in [-0.4, -0.2) is 70.1 Å². The quantitative estimate of drug-likeness (QED) is 0.664. The van der Waals surface area contributed by atoms with Gasteiger partial charge in [-0.2, -0.15) is 0 Å². The number of aryl methyl sites for hydroxylation is 1. The molecule has 3 rings (SSSR count). The van der Waals surface area contributed by atoms with Gasteiger partial charge in [0.05, 0.1) is 19.8 Å². The van der Waals surface area contributed by atoms with Crippen molar-refractivity contribution in [2.24, 2.45) is 0 Å². The van der Waals surface area contributed by atoms with Crippen molar-refractivity contribution < 1.29 is 19.2 Å². The zero-order valence-corrected chi connectivity index (χ0v) is 18.7. The molecule has 0 saturated carbocycles. The Hall–Kier alpha value is -3.06. The van der Waals surface area contributed by atoms with Gasteiger partial charge >= 0.3 is 0 Å². The SMILES string of the molecule is CCc1ccccc1NC(=O)C[NH+](C)CC(=O)N1CCN(c2ccccc2OC)CC1. The molecule has 1 heterocycles. The first-order valence-corrected chi connectivity index (χ1v) is 10.9. The van der Waals surface area contributed by atoms with E-state index in [9.17, 15) is 9.59 Å². The van der Waals surface area contributed by atoms with Gasteiger partial charge in [-0.25, -0.2) is 0 Å². The Kier molecular flexibility index (Phi) is 7.89. The molecule has 0 spiro atoms. The van der Waals surface area contributed by atoms with Crippen LogP contribution in [0.15, 0.2) is 48.5 Å². The van der Waals surface area contributed by atoms with Gasteiger partial charge in [0.15, 0.2) is 13.1 Å². The summed E-state index contributed by atoms with van der Waals surface area (Å²) in [6.45, 7) is 5.48. The number of benzene rings is 2. The van der Waals surface area contributed by atoms with Gasteiger partial charge < -0.3 is 24.8 Å². The van der Waals surface area contributed by atoms with Crippen LogP contribution in [0.3, 0.4) is 0 Å². The number of ether oxygens (including phenoxy) is 1. The summed E-state index contributed by atoms with van der Waals surface area (Å²) in [7, 11) is 3.56. The Morgan fingerprint density at radius 3 is 2.39 bits per heavy atom. The first-order valence-electron chi connectivity index (χ1n) is 10.9.